The fraction of sp³-hybridized carbons (Fsp3) is 0.364. The SMILES string of the molecule is O=C1CC(O)CN1Cc1c(Cl)cccc1Cl. The van der Waals surface area contributed by atoms with Crippen LogP contribution < -0.4 is 0 Å². The number of carbonyl (C=O) groups excluding carboxylic acids is 1. The van der Waals surface area contributed by atoms with Crippen molar-refractivity contribution in [2.24, 2.45) is 0 Å². The summed E-state index contributed by atoms with van der Waals surface area (Å²) in [5.74, 6) is -0.0662. The molecule has 1 heterocycles. The number of hydrogen-bond acceptors (Lipinski definition) is 2. The molecule has 1 atom stereocenters. The van der Waals surface area contributed by atoms with Gasteiger partial charge in [0, 0.05) is 28.7 Å². The van der Waals surface area contributed by atoms with Crippen molar-refractivity contribution in [1.29, 1.82) is 0 Å². The Morgan fingerprint density at radius 1 is 1.38 bits per heavy atom. The van der Waals surface area contributed by atoms with Gasteiger partial charge in [-0.25, -0.2) is 0 Å². The van der Waals surface area contributed by atoms with Gasteiger partial charge in [-0.1, -0.05) is 29.3 Å². The summed E-state index contributed by atoms with van der Waals surface area (Å²) in [6.45, 7) is 0.703. The van der Waals surface area contributed by atoms with Crippen molar-refractivity contribution < 1.29 is 9.90 Å². The van der Waals surface area contributed by atoms with E-state index in [1.54, 1.807) is 23.1 Å². The van der Waals surface area contributed by atoms with Crippen molar-refractivity contribution in [2.75, 3.05) is 6.54 Å². The van der Waals surface area contributed by atoms with Crippen LogP contribution in [0, 0.1) is 0 Å². The third-order valence-corrected chi connectivity index (χ3v) is 3.31. The second-order valence-corrected chi connectivity index (χ2v) is 4.65. The Morgan fingerprint density at radius 3 is 2.50 bits per heavy atom. The van der Waals surface area contributed by atoms with Gasteiger partial charge in [-0.2, -0.15) is 0 Å². The summed E-state index contributed by atoms with van der Waals surface area (Å²) in [6.07, 6.45) is -0.393. The minimum Gasteiger partial charge on any atom is -0.391 e. The Hall–Kier alpha value is -0.770. The number of aliphatic hydroxyl groups excluding tert-OH is 1. The van der Waals surface area contributed by atoms with Crippen molar-refractivity contribution in [3.63, 3.8) is 0 Å². The van der Waals surface area contributed by atoms with E-state index in [2.05, 4.69) is 0 Å². The van der Waals surface area contributed by atoms with Gasteiger partial charge in [0.15, 0.2) is 0 Å². The highest BCUT2D eigenvalue weighted by Crippen LogP contribution is 2.27. The lowest BCUT2D eigenvalue weighted by Gasteiger charge is -2.17. The Balaban J connectivity index is 2.18. The van der Waals surface area contributed by atoms with Gasteiger partial charge in [0.05, 0.1) is 12.5 Å². The van der Waals surface area contributed by atoms with Crippen molar-refractivity contribution >= 4 is 29.1 Å². The molecule has 2 rings (SSSR count). The molecule has 0 aromatic heterocycles. The predicted molar refractivity (Wildman–Crippen MR) is 62.5 cm³/mol. The number of hydrogen-bond donors (Lipinski definition) is 1. The molecule has 5 heteroatoms. The molecule has 0 spiro atoms. The number of rotatable bonds is 2. The molecular formula is C11H11Cl2NO2. The van der Waals surface area contributed by atoms with E-state index in [9.17, 15) is 9.90 Å². The van der Waals surface area contributed by atoms with Crippen LogP contribution in [0.2, 0.25) is 10.0 Å². The van der Waals surface area contributed by atoms with Gasteiger partial charge in [-0.3, -0.25) is 4.79 Å². The third kappa shape index (κ3) is 2.32. The zero-order valence-corrected chi connectivity index (χ0v) is 10.0. The number of β-amino-alcohol motifs (C(OH)–C–C–N with tert-alkyl or cyclic N) is 1. The molecule has 1 unspecified atom stereocenters. The summed E-state index contributed by atoms with van der Waals surface area (Å²) in [5.41, 5.74) is 0.730. The van der Waals surface area contributed by atoms with Crippen LogP contribution in [0.5, 0.6) is 0 Å². The number of likely N-dealkylation sites (tertiary alicyclic amines) is 1. The van der Waals surface area contributed by atoms with Crippen LogP contribution in [-0.2, 0) is 11.3 Å². The van der Waals surface area contributed by atoms with Crippen molar-refractivity contribution in [3.8, 4) is 0 Å². The van der Waals surface area contributed by atoms with E-state index in [-0.39, 0.29) is 12.3 Å². The molecule has 1 N–H and O–H groups in total. The fourth-order valence-corrected chi connectivity index (χ4v) is 2.30. The molecule has 1 saturated heterocycles. The van der Waals surface area contributed by atoms with Crippen LogP contribution in [-0.4, -0.2) is 28.6 Å². The lowest BCUT2D eigenvalue weighted by molar-refractivity contribution is -0.128. The summed E-state index contributed by atoms with van der Waals surface area (Å²) in [4.78, 5) is 13.1. The predicted octanol–water partition coefficient (Wildman–Crippen LogP) is 2.09. The van der Waals surface area contributed by atoms with Gasteiger partial charge in [-0.05, 0) is 12.1 Å². The highest BCUT2D eigenvalue weighted by atomic mass is 35.5. The molecular weight excluding hydrogens is 249 g/mol. The molecule has 86 valence electrons. The summed E-state index contributed by atoms with van der Waals surface area (Å²) >= 11 is 12.0. The Morgan fingerprint density at radius 2 is 2.00 bits per heavy atom. The van der Waals surface area contributed by atoms with E-state index in [0.29, 0.717) is 23.1 Å². The first-order valence-corrected chi connectivity index (χ1v) is 5.72. The first kappa shape index (κ1) is 11.7. The smallest absolute Gasteiger partial charge is 0.225 e. The van der Waals surface area contributed by atoms with Gasteiger partial charge in [0.25, 0.3) is 0 Å². The van der Waals surface area contributed by atoms with Gasteiger partial charge in [0.2, 0.25) is 5.91 Å². The topological polar surface area (TPSA) is 40.5 Å². The summed E-state index contributed by atoms with van der Waals surface area (Å²) in [6, 6.07) is 5.23. The number of carbonyl (C=O) groups is 1. The standard InChI is InChI=1S/C11H11Cl2NO2/c12-9-2-1-3-10(13)8(9)6-14-5-7(15)4-11(14)16/h1-3,7,15H,4-6H2. The highest BCUT2D eigenvalue weighted by molar-refractivity contribution is 6.36. The summed E-state index contributed by atoms with van der Waals surface area (Å²) < 4.78 is 0. The minimum absolute atomic E-state index is 0.0662. The van der Waals surface area contributed by atoms with E-state index < -0.39 is 6.10 Å². The van der Waals surface area contributed by atoms with E-state index in [1.165, 1.54) is 0 Å². The maximum Gasteiger partial charge on any atom is 0.225 e. The number of aliphatic hydroxyl groups is 1. The Labute approximate surface area is 104 Å². The molecule has 1 amide bonds. The molecule has 0 saturated carbocycles. The molecule has 0 bridgehead atoms. The van der Waals surface area contributed by atoms with Gasteiger partial charge >= 0.3 is 0 Å². The molecule has 0 radical (unpaired) electrons. The summed E-state index contributed by atoms with van der Waals surface area (Å²) in [5, 5.41) is 10.4. The van der Waals surface area contributed by atoms with Crippen LogP contribution in [0.3, 0.4) is 0 Å². The molecule has 0 aliphatic carbocycles. The van der Waals surface area contributed by atoms with Crippen molar-refractivity contribution in [1.82, 2.24) is 4.90 Å². The van der Waals surface area contributed by atoms with Crippen LogP contribution >= 0.6 is 23.2 Å². The molecule has 1 aromatic rings. The zero-order valence-electron chi connectivity index (χ0n) is 8.49. The Bertz CT molecular complexity index is 402. The summed E-state index contributed by atoms with van der Waals surface area (Å²) in [7, 11) is 0. The molecule has 1 aliphatic rings. The first-order chi connectivity index (χ1) is 7.58. The van der Waals surface area contributed by atoms with Crippen LogP contribution in [0.1, 0.15) is 12.0 Å². The normalized spacial score (nSPS) is 20.6. The van der Waals surface area contributed by atoms with Crippen LogP contribution in [0.25, 0.3) is 0 Å². The number of amides is 1. The molecule has 1 aliphatic heterocycles. The van der Waals surface area contributed by atoms with E-state index >= 15 is 0 Å². The second kappa shape index (κ2) is 4.62. The van der Waals surface area contributed by atoms with Crippen molar-refractivity contribution in [3.05, 3.63) is 33.8 Å². The minimum atomic E-state index is -0.575. The average Bonchev–Trinajstić information content (AvgIpc) is 2.51. The largest absolute Gasteiger partial charge is 0.391 e. The number of benzene rings is 1. The van der Waals surface area contributed by atoms with E-state index in [0.717, 1.165) is 5.56 Å². The van der Waals surface area contributed by atoms with Crippen LogP contribution in [0.15, 0.2) is 18.2 Å². The van der Waals surface area contributed by atoms with E-state index in [1.807, 2.05) is 0 Å². The van der Waals surface area contributed by atoms with Crippen LogP contribution in [0.4, 0.5) is 0 Å². The maximum absolute atomic E-state index is 11.5. The Kier molecular flexibility index (Phi) is 3.38. The molecule has 16 heavy (non-hydrogen) atoms. The highest BCUT2D eigenvalue weighted by Gasteiger charge is 2.28. The molecule has 1 aromatic carbocycles. The monoisotopic (exact) mass is 259 g/mol. The van der Waals surface area contributed by atoms with Crippen molar-refractivity contribution in [2.45, 2.75) is 19.1 Å². The molecule has 1 fully saturated rings. The quantitative estimate of drug-likeness (QED) is 0.884. The van der Waals surface area contributed by atoms with Gasteiger partial charge in [-0.15, -0.1) is 0 Å². The second-order valence-electron chi connectivity index (χ2n) is 3.83. The number of halogens is 2. The zero-order chi connectivity index (χ0) is 11.7. The van der Waals surface area contributed by atoms with Gasteiger partial charge < -0.3 is 10.0 Å². The first-order valence-electron chi connectivity index (χ1n) is 4.96. The van der Waals surface area contributed by atoms with Gasteiger partial charge in [0.1, 0.15) is 0 Å². The molecule has 3 nitrogen and oxygen atoms in total. The third-order valence-electron chi connectivity index (χ3n) is 2.60. The van der Waals surface area contributed by atoms with E-state index in [4.69, 9.17) is 23.2 Å². The number of nitrogens with zero attached hydrogens (tertiary/aromatic N) is 1. The lowest BCUT2D eigenvalue weighted by atomic mass is 10.2. The maximum atomic E-state index is 11.5. The average molecular weight is 260 g/mol. The lowest BCUT2D eigenvalue weighted by Crippen LogP contribution is -2.25. The fourth-order valence-electron chi connectivity index (χ4n) is 1.78.